The number of benzene rings is 1. The second-order valence-electron chi connectivity index (χ2n) is 3.96. The fraction of sp³-hybridized carbons (Fsp3) is 0.231. The van der Waals surface area contributed by atoms with Crippen LogP contribution in [0.25, 0.3) is 0 Å². The zero-order valence-corrected chi connectivity index (χ0v) is 13.7. The van der Waals surface area contributed by atoms with Crippen LogP contribution in [0.1, 0.15) is 16.5 Å². The van der Waals surface area contributed by atoms with Crippen molar-refractivity contribution in [1.29, 1.82) is 0 Å². The van der Waals surface area contributed by atoms with Gasteiger partial charge in [-0.15, -0.1) is 11.3 Å². The molecule has 1 N–H and O–H groups in total. The summed E-state index contributed by atoms with van der Waals surface area (Å²) in [4.78, 5) is 1.27. The summed E-state index contributed by atoms with van der Waals surface area (Å²) in [6.45, 7) is 0. The Balaban J connectivity index is 2.17. The van der Waals surface area contributed by atoms with Crippen molar-refractivity contribution in [2.75, 3.05) is 7.05 Å². The number of rotatable bonds is 4. The standard InChI is InChI=1S/C13H12Br2FNS/c1-17-12(13-6-9(14)7-18-13)5-8-2-3-11(16)10(15)4-8/h2-4,6-7,12,17H,5H2,1H3. The Labute approximate surface area is 127 Å². The van der Waals surface area contributed by atoms with E-state index in [4.69, 9.17) is 0 Å². The first-order valence-corrected chi connectivity index (χ1v) is 7.92. The summed E-state index contributed by atoms with van der Waals surface area (Å²) in [6, 6.07) is 7.52. The van der Waals surface area contributed by atoms with Gasteiger partial charge in [-0.1, -0.05) is 6.07 Å². The van der Waals surface area contributed by atoms with Gasteiger partial charge in [-0.25, -0.2) is 4.39 Å². The summed E-state index contributed by atoms with van der Waals surface area (Å²) in [5.41, 5.74) is 1.10. The predicted molar refractivity (Wildman–Crippen MR) is 81.6 cm³/mol. The minimum Gasteiger partial charge on any atom is -0.312 e. The van der Waals surface area contributed by atoms with Crippen LogP contribution in [0, 0.1) is 5.82 Å². The van der Waals surface area contributed by atoms with Crippen molar-refractivity contribution in [3.05, 3.63) is 54.8 Å². The zero-order valence-electron chi connectivity index (χ0n) is 9.71. The van der Waals surface area contributed by atoms with E-state index >= 15 is 0 Å². The average Bonchev–Trinajstić information content (AvgIpc) is 2.77. The van der Waals surface area contributed by atoms with Crippen LogP contribution in [0.3, 0.4) is 0 Å². The molecule has 1 atom stereocenters. The summed E-state index contributed by atoms with van der Waals surface area (Å²) >= 11 is 8.39. The van der Waals surface area contributed by atoms with E-state index in [1.54, 1.807) is 11.3 Å². The van der Waals surface area contributed by atoms with Crippen LogP contribution in [-0.4, -0.2) is 7.05 Å². The first kappa shape index (κ1) is 14.2. The van der Waals surface area contributed by atoms with Crippen LogP contribution in [0.4, 0.5) is 4.39 Å². The highest BCUT2D eigenvalue weighted by molar-refractivity contribution is 9.10. The van der Waals surface area contributed by atoms with Gasteiger partial charge in [0.25, 0.3) is 0 Å². The molecule has 2 aromatic rings. The third-order valence-electron chi connectivity index (χ3n) is 2.70. The third kappa shape index (κ3) is 3.41. The van der Waals surface area contributed by atoms with E-state index < -0.39 is 0 Å². The number of likely N-dealkylation sites (N-methyl/N-ethyl adjacent to an activating group) is 1. The van der Waals surface area contributed by atoms with Gasteiger partial charge in [-0.05, 0) is 69.1 Å². The van der Waals surface area contributed by atoms with E-state index in [1.165, 1.54) is 10.9 Å². The molecule has 0 radical (unpaired) electrons. The van der Waals surface area contributed by atoms with Crippen molar-refractivity contribution in [2.24, 2.45) is 0 Å². The molecule has 2 rings (SSSR count). The molecule has 0 aliphatic heterocycles. The minimum atomic E-state index is -0.223. The van der Waals surface area contributed by atoms with Crippen molar-refractivity contribution >= 4 is 43.2 Å². The maximum absolute atomic E-state index is 13.2. The monoisotopic (exact) mass is 391 g/mol. The van der Waals surface area contributed by atoms with E-state index in [-0.39, 0.29) is 11.9 Å². The molecule has 0 amide bonds. The molecule has 1 heterocycles. The smallest absolute Gasteiger partial charge is 0.137 e. The average molecular weight is 393 g/mol. The SMILES string of the molecule is CNC(Cc1ccc(F)c(Br)c1)c1cc(Br)cs1. The summed E-state index contributed by atoms with van der Waals surface area (Å²) in [6.07, 6.45) is 0.836. The minimum absolute atomic E-state index is 0.223. The number of nitrogens with one attached hydrogen (secondary N) is 1. The van der Waals surface area contributed by atoms with Crippen LogP contribution >= 0.6 is 43.2 Å². The Morgan fingerprint density at radius 3 is 2.67 bits per heavy atom. The molecule has 0 saturated heterocycles. The molecule has 1 aromatic heterocycles. The van der Waals surface area contributed by atoms with Gasteiger partial charge in [0.15, 0.2) is 0 Å². The molecular weight excluding hydrogens is 381 g/mol. The Morgan fingerprint density at radius 1 is 1.33 bits per heavy atom. The van der Waals surface area contributed by atoms with Gasteiger partial charge in [-0.3, -0.25) is 0 Å². The second-order valence-corrected chi connectivity index (χ2v) is 6.67. The van der Waals surface area contributed by atoms with Crippen molar-refractivity contribution < 1.29 is 4.39 Å². The zero-order chi connectivity index (χ0) is 13.1. The molecule has 1 aromatic carbocycles. The maximum Gasteiger partial charge on any atom is 0.137 e. The summed E-state index contributed by atoms with van der Waals surface area (Å²) < 4.78 is 14.8. The molecule has 0 fully saturated rings. The van der Waals surface area contributed by atoms with Gasteiger partial charge in [0.05, 0.1) is 4.47 Å². The Bertz CT molecular complexity index is 542. The maximum atomic E-state index is 13.2. The van der Waals surface area contributed by atoms with Crippen LogP contribution in [-0.2, 0) is 6.42 Å². The molecule has 0 spiro atoms. The largest absolute Gasteiger partial charge is 0.312 e. The molecule has 0 saturated carbocycles. The summed E-state index contributed by atoms with van der Waals surface area (Å²) in [5.74, 6) is -0.223. The van der Waals surface area contributed by atoms with Crippen LogP contribution in [0.5, 0.6) is 0 Å². The van der Waals surface area contributed by atoms with Gasteiger partial charge in [0.2, 0.25) is 0 Å². The number of hydrogen-bond donors (Lipinski definition) is 1. The fourth-order valence-electron chi connectivity index (χ4n) is 1.76. The van der Waals surface area contributed by atoms with Gasteiger partial charge in [-0.2, -0.15) is 0 Å². The predicted octanol–water partition coefficient (Wildman–Crippen LogP) is 4.92. The Hall–Kier alpha value is -0.230. The Morgan fingerprint density at radius 2 is 2.11 bits per heavy atom. The first-order chi connectivity index (χ1) is 8.60. The number of halogens is 3. The fourth-order valence-corrected chi connectivity index (χ4v) is 3.74. The normalized spacial score (nSPS) is 12.7. The second kappa shape index (κ2) is 6.28. The lowest BCUT2D eigenvalue weighted by molar-refractivity contribution is 0.596. The molecular formula is C13H12Br2FNS. The summed E-state index contributed by atoms with van der Waals surface area (Å²) in [5, 5.41) is 5.36. The molecule has 1 unspecified atom stereocenters. The lowest BCUT2D eigenvalue weighted by Gasteiger charge is -2.14. The molecule has 18 heavy (non-hydrogen) atoms. The molecule has 0 bridgehead atoms. The number of hydrogen-bond acceptors (Lipinski definition) is 2. The van der Waals surface area contributed by atoms with E-state index in [1.807, 2.05) is 19.2 Å². The molecule has 5 heteroatoms. The summed E-state index contributed by atoms with van der Waals surface area (Å²) in [7, 11) is 1.94. The lowest BCUT2D eigenvalue weighted by atomic mass is 10.0. The molecule has 96 valence electrons. The topological polar surface area (TPSA) is 12.0 Å². The highest BCUT2D eigenvalue weighted by atomic mass is 79.9. The van der Waals surface area contributed by atoms with E-state index in [0.717, 1.165) is 16.5 Å². The van der Waals surface area contributed by atoms with Gasteiger partial charge < -0.3 is 5.32 Å². The quantitative estimate of drug-likeness (QED) is 0.778. The molecule has 0 aliphatic rings. The van der Waals surface area contributed by atoms with Crippen LogP contribution < -0.4 is 5.32 Å². The van der Waals surface area contributed by atoms with Gasteiger partial charge >= 0.3 is 0 Å². The highest BCUT2D eigenvalue weighted by Gasteiger charge is 2.13. The van der Waals surface area contributed by atoms with Crippen molar-refractivity contribution in [2.45, 2.75) is 12.5 Å². The lowest BCUT2D eigenvalue weighted by Crippen LogP contribution is -2.17. The van der Waals surface area contributed by atoms with Gasteiger partial charge in [0.1, 0.15) is 5.82 Å². The van der Waals surface area contributed by atoms with Crippen LogP contribution in [0.15, 0.2) is 38.6 Å². The van der Waals surface area contributed by atoms with Crippen molar-refractivity contribution in [3.8, 4) is 0 Å². The Kier molecular flexibility index (Phi) is 4.95. The van der Waals surface area contributed by atoms with Gasteiger partial charge in [0, 0.05) is 20.8 Å². The molecule has 1 nitrogen and oxygen atoms in total. The van der Waals surface area contributed by atoms with E-state index in [2.05, 4.69) is 48.6 Å². The van der Waals surface area contributed by atoms with Crippen molar-refractivity contribution in [3.63, 3.8) is 0 Å². The van der Waals surface area contributed by atoms with E-state index in [0.29, 0.717) is 4.47 Å². The van der Waals surface area contributed by atoms with Crippen LogP contribution in [0.2, 0.25) is 0 Å². The highest BCUT2D eigenvalue weighted by Crippen LogP contribution is 2.28. The first-order valence-electron chi connectivity index (χ1n) is 5.45. The van der Waals surface area contributed by atoms with Crippen molar-refractivity contribution in [1.82, 2.24) is 5.32 Å². The molecule has 0 aliphatic carbocycles. The number of thiophene rings is 1. The third-order valence-corrected chi connectivity index (χ3v) is 5.12. The van der Waals surface area contributed by atoms with E-state index in [9.17, 15) is 4.39 Å².